The van der Waals surface area contributed by atoms with Crippen molar-refractivity contribution in [3.8, 4) is 0 Å². The average molecular weight is 1010 g/mol. The van der Waals surface area contributed by atoms with E-state index >= 15 is 0 Å². The Hall–Kier alpha value is -3.85. The quantitative estimate of drug-likeness (QED) is 0.0211. The number of phosphoric ester groups is 1. The Morgan fingerprint density at radius 2 is 0.803 bits per heavy atom. The minimum atomic E-state index is -4.41. The van der Waals surface area contributed by atoms with Crippen molar-refractivity contribution in [2.75, 3.05) is 47.5 Å². The Morgan fingerprint density at radius 3 is 1.21 bits per heavy atom. The zero-order chi connectivity index (χ0) is 52.0. The number of rotatable bonds is 48. The van der Waals surface area contributed by atoms with Gasteiger partial charge in [0, 0.05) is 12.8 Å². The summed E-state index contributed by atoms with van der Waals surface area (Å²) in [5.41, 5.74) is 0. The van der Waals surface area contributed by atoms with Crippen LogP contribution in [0.1, 0.15) is 187 Å². The second-order valence-corrected chi connectivity index (χ2v) is 20.3. The fourth-order valence-electron chi connectivity index (χ4n) is 6.68. The number of unbranched alkanes of at least 4 members (excludes halogenated alkanes) is 12. The topological polar surface area (TPSA) is 108 Å². The lowest BCUT2D eigenvalue weighted by Gasteiger charge is -2.24. The number of carbonyl (C=O) groups is 2. The summed E-state index contributed by atoms with van der Waals surface area (Å²) in [7, 11) is 1.42. The molecule has 0 aromatic carbocycles. The number of esters is 2. The Balaban J connectivity index is 4.33. The lowest BCUT2D eigenvalue weighted by Crippen LogP contribution is -2.37. The van der Waals surface area contributed by atoms with E-state index < -0.39 is 32.5 Å². The van der Waals surface area contributed by atoms with Crippen LogP contribution in [-0.4, -0.2) is 74.9 Å². The van der Waals surface area contributed by atoms with Crippen LogP contribution in [-0.2, 0) is 32.7 Å². The molecule has 71 heavy (non-hydrogen) atoms. The maximum atomic E-state index is 12.8. The summed E-state index contributed by atoms with van der Waals surface area (Å²) in [5.74, 6) is -0.864. The predicted molar refractivity (Wildman–Crippen MR) is 302 cm³/mol. The van der Waals surface area contributed by atoms with E-state index in [1.54, 1.807) is 0 Å². The highest BCUT2D eigenvalue weighted by Crippen LogP contribution is 2.43. The van der Waals surface area contributed by atoms with Crippen LogP contribution in [0.2, 0.25) is 0 Å². The van der Waals surface area contributed by atoms with Crippen molar-refractivity contribution in [1.29, 1.82) is 0 Å². The van der Waals surface area contributed by atoms with Gasteiger partial charge in [0.05, 0.1) is 27.7 Å². The van der Waals surface area contributed by atoms with Crippen LogP contribution >= 0.6 is 7.82 Å². The molecule has 0 rings (SSSR count). The smallest absolute Gasteiger partial charge is 0.462 e. The lowest BCUT2D eigenvalue weighted by molar-refractivity contribution is -0.870. The summed E-state index contributed by atoms with van der Waals surface area (Å²) in [6, 6.07) is 0. The van der Waals surface area contributed by atoms with Crippen LogP contribution in [0.4, 0.5) is 0 Å². The number of allylic oxidation sites excluding steroid dienone is 22. The molecule has 0 amide bonds. The molecule has 0 spiro atoms. The summed E-state index contributed by atoms with van der Waals surface area (Å²) in [5, 5.41) is 0. The largest absolute Gasteiger partial charge is 0.472 e. The van der Waals surface area contributed by atoms with Gasteiger partial charge >= 0.3 is 19.8 Å². The van der Waals surface area contributed by atoms with Crippen LogP contribution in [0.3, 0.4) is 0 Å². The number of carbonyl (C=O) groups excluding carboxylic acids is 2. The molecular formula is C61H101NO8P+. The molecule has 0 saturated carbocycles. The molecule has 9 nitrogen and oxygen atoms in total. The molecule has 0 radical (unpaired) electrons. The first kappa shape index (κ1) is 67.1. The zero-order valence-electron chi connectivity index (χ0n) is 45.4. The fraction of sp³-hybridized carbons (Fsp3) is 0.607. The molecule has 2 atom stereocenters. The number of quaternary nitrogens is 1. The van der Waals surface area contributed by atoms with E-state index in [2.05, 4.69) is 148 Å². The van der Waals surface area contributed by atoms with Crippen molar-refractivity contribution >= 4 is 19.8 Å². The molecule has 0 fully saturated rings. The first-order valence-electron chi connectivity index (χ1n) is 27.4. The number of ether oxygens (including phenoxy) is 2. The van der Waals surface area contributed by atoms with Crippen LogP contribution in [0.15, 0.2) is 134 Å². The standard InChI is InChI=1S/C61H100NO8P/c1-6-8-10-12-14-16-18-20-22-24-25-26-27-28-29-30-31-32-33-34-35-36-37-38-40-42-44-46-48-50-52-54-61(64)70-59(58-69-71(65,66)68-56-55-62(3,4)5)57-67-60(63)53-51-49-47-45-43-41-39-23-21-19-17-15-13-11-9-7-2/h8,10,14,16-17,19-20,22-23,25-26,28-29,31-32,34-35,37-39,42,44,59H,6-7,9,11-13,15,18,21,24,27,30,33,36,40-41,43,45-58H2,1-5H3/p+1/b10-8-,16-14-,19-17-,22-20-,26-25-,29-28-,32-31-,35-34-,38-37-,39-23-,44-42-. The Kier molecular flexibility index (Phi) is 48.3. The normalized spacial score (nSPS) is 14.4. The van der Waals surface area contributed by atoms with E-state index in [4.69, 9.17) is 18.5 Å². The van der Waals surface area contributed by atoms with Crippen molar-refractivity contribution in [3.05, 3.63) is 134 Å². The van der Waals surface area contributed by atoms with Crippen LogP contribution in [0.25, 0.3) is 0 Å². The third-order valence-corrected chi connectivity index (χ3v) is 11.9. The van der Waals surface area contributed by atoms with Gasteiger partial charge < -0.3 is 18.9 Å². The van der Waals surface area contributed by atoms with E-state index in [1.165, 1.54) is 32.1 Å². The molecule has 0 aliphatic carbocycles. The third-order valence-electron chi connectivity index (χ3n) is 10.9. The Bertz CT molecular complexity index is 1660. The highest BCUT2D eigenvalue weighted by Gasteiger charge is 2.27. The Morgan fingerprint density at radius 1 is 0.451 bits per heavy atom. The molecule has 0 heterocycles. The van der Waals surface area contributed by atoms with Crippen molar-refractivity contribution < 1.29 is 42.1 Å². The summed E-state index contributed by atoms with van der Waals surface area (Å²) < 4.78 is 34.4. The van der Waals surface area contributed by atoms with Gasteiger partial charge in [0.15, 0.2) is 6.10 Å². The number of hydrogen-bond acceptors (Lipinski definition) is 7. The molecule has 0 aliphatic rings. The number of likely N-dealkylation sites (N-methyl/N-ethyl adjacent to an activating group) is 1. The van der Waals surface area contributed by atoms with E-state index in [-0.39, 0.29) is 26.1 Å². The van der Waals surface area contributed by atoms with Crippen molar-refractivity contribution in [2.45, 2.75) is 193 Å². The molecule has 10 heteroatoms. The summed E-state index contributed by atoms with van der Waals surface area (Å²) in [4.78, 5) is 35.6. The first-order chi connectivity index (χ1) is 34.5. The summed E-state index contributed by atoms with van der Waals surface area (Å²) >= 11 is 0. The van der Waals surface area contributed by atoms with E-state index in [1.807, 2.05) is 21.1 Å². The first-order valence-corrected chi connectivity index (χ1v) is 28.9. The molecule has 0 saturated heterocycles. The van der Waals surface area contributed by atoms with Crippen LogP contribution in [0, 0.1) is 0 Å². The van der Waals surface area contributed by atoms with Crippen LogP contribution in [0.5, 0.6) is 0 Å². The fourth-order valence-corrected chi connectivity index (χ4v) is 7.42. The second kappa shape index (κ2) is 51.1. The molecular weight excluding hydrogens is 906 g/mol. The Labute approximate surface area is 434 Å². The molecule has 0 aromatic heterocycles. The van der Waals surface area contributed by atoms with Gasteiger partial charge in [0.2, 0.25) is 0 Å². The third kappa shape index (κ3) is 55.3. The molecule has 0 bridgehead atoms. The minimum Gasteiger partial charge on any atom is -0.462 e. The van der Waals surface area contributed by atoms with Gasteiger partial charge in [-0.15, -0.1) is 0 Å². The maximum Gasteiger partial charge on any atom is 0.472 e. The van der Waals surface area contributed by atoms with Gasteiger partial charge in [-0.3, -0.25) is 18.6 Å². The summed E-state index contributed by atoms with van der Waals surface area (Å²) in [6.07, 6.45) is 73.7. The van der Waals surface area contributed by atoms with Gasteiger partial charge in [-0.05, 0) is 116 Å². The minimum absolute atomic E-state index is 0.0145. The van der Waals surface area contributed by atoms with Gasteiger partial charge in [-0.2, -0.15) is 0 Å². The zero-order valence-corrected chi connectivity index (χ0v) is 46.3. The average Bonchev–Trinajstić information content (AvgIpc) is 3.33. The molecule has 402 valence electrons. The number of nitrogens with zero attached hydrogens (tertiary/aromatic N) is 1. The predicted octanol–water partition coefficient (Wildman–Crippen LogP) is 17.0. The molecule has 0 aromatic rings. The molecule has 0 aliphatic heterocycles. The van der Waals surface area contributed by atoms with E-state index in [0.29, 0.717) is 23.9 Å². The highest BCUT2D eigenvalue weighted by atomic mass is 31.2. The maximum absolute atomic E-state index is 12.8. The van der Waals surface area contributed by atoms with Gasteiger partial charge in [0.25, 0.3) is 0 Å². The van der Waals surface area contributed by atoms with Crippen molar-refractivity contribution in [2.24, 2.45) is 0 Å². The second-order valence-electron chi connectivity index (χ2n) is 18.9. The van der Waals surface area contributed by atoms with E-state index in [9.17, 15) is 19.0 Å². The van der Waals surface area contributed by atoms with Crippen LogP contribution < -0.4 is 0 Å². The lowest BCUT2D eigenvalue weighted by atomic mass is 10.1. The van der Waals surface area contributed by atoms with E-state index in [0.717, 1.165) is 116 Å². The SMILES string of the molecule is CC/C=C\C/C=C\C/C=C\C/C=C\C/C=C\C/C=C\C/C=C\C/C=C\C/C=C\CCCCCC(=O)OC(COC(=O)CCCCCCC/C=C\C/C=C\CCCCCC)COP(=O)(O)OCC[N+](C)(C)C. The molecule has 2 unspecified atom stereocenters. The van der Waals surface area contributed by atoms with Crippen molar-refractivity contribution in [3.63, 3.8) is 0 Å². The molecule has 1 N–H and O–H groups in total. The van der Waals surface area contributed by atoms with Gasteiger partial charge in [-0.25, -0.2) is 4.57 Å². The van der Waals surface area contributed by atoms with Crippen molar-refractivity contribution in [1.82, 2.24) is 0 Å². The highest BCUT2D eigenvalue weighted by molar-refractivity contribution is 7.47. The number of hydrogen-bond donors (Lipinski definition) is 1. The summed E-state index contributed by atoms with van der Waals surface area (Å²) in [6.45, 7) is 4.21. The monoisotopic (exact) mass is 1010 g/mol. The van der Waals surface area contributed by atoms with Gasteiger partial charge in [0.1, 0.15) is 19.8 Å². The number of phosphoric acid groups is 1. The van der Waals surface area contributed by atoms with Gasteiger partial charge in [-0.1, -0.05) is 192 Å².